The van der Waals surface area contributed by atoms with Gasteiger partial charge in [0.1, 0.15) is 0 Å². The third-order valence-corrected chi connectivity index (χ3v) is 5.06. The Balaban J connectivity index is 1.73. The molecule has 0 saturated heterocycles. The van der Waals surface area contributed by atoms with E-state index in [2.05, 4.69) is 15.0 Å². The van der Waals surface area contributed by atoms with Crippen LogP contribution in [0.2, 0.25) is 0 Å². The van der Waals surface area contributed by atoms with Gasteiger partial charge >= 0.3 is 0 Å². The lowest BCUT2D eigenvalue weighted by Gasteiger charge is -2.05. The summed E-state index contributed by atoms with van der Waals surface area (Å²) < 4.78 is 24.9. The normalized spacial score (nSPS) is 11.2. The maximum Gasteiger partial charge on any atom is 0.257 e. The molecule has 1 amide bonds. The van der Waals surface area contributed by atoms with Crippen LogP contribution in [0.15, 0.2) is 47.8 Å². The molecule has 0 bridgehead atoms. The van der Waals surface area contributed by atoms with E-state index < -0.39 is 10.0 Å². The van der Waals surface area contributed by atoms with E-state index in [1.54, 1.807) is 24.3 Å². The minimum Gasteiger partial charge on any atom is -0.298 e. The fourth-order valence-corrected chi connectivity index (χ4v) is 3.94. The minimum atomic E-state index is -3.31. The molecule has 3 aromatic rings. The Labute approximate surface area is 162 Å². The van der Waals surface area contributed by atoms with Crippen molar-refractivity contribution in [3.8, 4) is 11.3 Å². The number of hydrogen-bond donors (Lipinski definition) is 2. The molecule has 140 valence electrons. The third kappa shape index (κ3) is 5.15. The van der Waals surface area contributed by atoms with Crippen molar-refractivity contribution in [3.63, 3.8) is 0 Å². The lowest BCUT2D eigenvalue weighted by Crippen LogP contribution is -2.12. The summed E-state index contributed by atoms with van der Waals surface area (Å²) in [4.78, 5) is 16.9. The van der Waals surface area contributed by atoms with Crippen molar-refractivity contribution in [2.24, 2.45) is 0 Å². The van der Waals surface area contributed by atoms with Gasteiger partial charge in [0, 0.05) is 22.2 Å². The first-order valence-electron chi connectivity index (χ1n) is 8.13. The number of thiazole rings is 1. The first-order chi connectivity index (χ1) is 12.7. The molecule has 1 aromatic heterocycles. The lowest BCUT2D eigenvalue weighted by atomic mass is 10.1. The van der Waals surface area contributed by atoms with E-state index in [1.807, 2.05) is 37.4 Å². The highest BCUT2D eigenvalue weighted by Gasteiger charge is 2.11. The molecule has 2 N–H and O–H groups in total. The van der Waals surface area contributed by atoms with Gasteiger partial charge in [-0.25, -0.2) is 13.4 Å². The predicted molar refractivity (Wildman–Crippen MR) is 110 cm³/mol. The summed E-state index contributed by atoms with van der Waals surface area (Å²) in [6.07, 6.45) is 1.10. The van der Waals surface area contributed by atoms with Crippen molar-refractivity contribution in [2.45, 2.75) is 13.8 Å². The molecule has 0 spiro atoms. The van der Waals surface area contributed by atoms with Crippen molar-refractivity contribution < 1.29 is 13.2 Å². The molecule has 2 aromatic carbocycles. The summed E-state index contributed by atoms with van der Waals surface area (Å²) in [5.41, 5.74) is 4.68. The monoisotopic (exact) mass is 401 g/mol. The SMILES string of the molecule is Cc1cc(C)cc(C(=O)Nc2nc(-c3ccc(NS(C)(=O)=O)cc3)cs2)c1. The van der Waals surface area contributed by atoms with Gasteiger partial charge in [0.15, 0.2) is 5.13 Å². The number of sulfonamides is 1. The van der Waals surface area contributed by atoms with E-state index in [1.165, 1.54) is 11.3 Å². The van der Waals surface area contributed by atoms with Gasteiger partial charge in [0.2, 0.25) is 10.0 Å². The van der Waals surface area contributed by atoms with Gasteiger partial charge in [0.05, 0.1) is 11.9 Å². The number of carbonyl (C=O) groups is 1. The molecule has 0 aliphatic rings. The number of benzene rings is 2. The Hall–Kier alpha value is -2.71. The predicted octanol–water partition coefficient (Wildman–Crippen LogP) is 4.05. The average Bonchev–Trinajstić information content (AvgIpc) is 3.01. The van der Waals surface area contributed by atoms with Crippen LogP contribution in [0.4, 0.5) is 10.8 Å². The van der Waals surface area contributed by atoms with E-state index in [4.69, 9.17) is 0 Å². The number of nitrogens with zero attached hydrogens (tertiary/aromatic N) is 1. The van der Waals surface area contributed by atoms with E-state index in [0.29, 0.717) is 22.1 Å². The van der Waals surface area contributed by atoms with Crippen molar-refractivity contribution in [1.29, 1.82) is 0 Å². The van der Waals surface area contributed by atoms with Gasteiger partial charge in [-0.1, -0.05) is 29.3 Å². The average molecular weight is 402 g/mol. The Kier molecular flexibility index (Phi) is 5.29. The Morgan fingerprint density at radius 2 is 1.67 bits per heavy atom. The molecule has 0 aliphatic carbocycles. The molecule has 0 radical (unpaired) electrons. The van der Waals surface area contributed by atoms with Crippen LogP contribution in [0.25, 0.3) is 11.3 Å². The van der Waals surface area contributed by atoms with Crippen molar-refractivity contribution in [1.82, 2.24) is 4.98 Å². The number of anilines is 2. The van der Waals surface area contributed by atoms with Gasteiger partial charge in [0.25, 0.3) is 5.91 Å². The molecule has 0 unspecified atom stereocenters. The number of hydrogen-bond acceptors (Lipinski definition) is 5. The highest BCUT2D eigenvalue weighted by molar-refractivity contribution is 7.92. The van der Waals surface area contributed by atoms with Crippen LogP contribution in [-0.2, 0) is 10.0 Å². The van der Waals surface area contributed by atoms with Crippen LogP contribution in [0.1, 0.15) is 21.5 Å². The van der Waals surface area contributed by atoms with Crippen LogP contribution in [0.5, 0.6) is 0 Å². The van der Waals surface area contributed by atoms with Gasteiger partial charge in [-0.05, 0) is 38.1 Å². The molecule has 1 heterocycles. The fraction of sp³-hybridized carbons (Fsp3) is 0.158. The summed E-state index contributed by atoms with van der Waals surface area (Å²) >= 11 is 1.34. The molecule has 6 nitrogen and oxygen atoms in total. The highest BCUT2D eigenvalue weighted by atomic mass is 32.2. The van der Waals surface area contributed by atoms with Crippen LogP contribution < -0.4 is 10.0 Å². The molecular formula is C19H19N3O3S2. The molecular weight excluding hydrogens is 382 g/mol. The quantitative estimate of drug-likeness (QED) is 0.675. The third-order valence-electron chi connectivity index (χ3n) is 3.69. The number of aryl methyl sites for hydroxylation is 2. The fourth-order valence-electron chi connectivity index (χ4n) is 2.66. The van der Waals surface area contributed by atoms with E-state index >= 15 is 0 Å². The highest BCUT2D eigenvalue weighted by Crippen LogP contribution is 2.26. The Bertz CT molecular complexity index is 1070. The Morgan fingerprint density at radius 1 is 1.04 bits per heavy atom. The van der Waals surface area contributed by atoms with Crippen molar-refractivity contribution in [2.75, 3.05) is 16.3 Å². The maximum atomic E-state index is 12.4. The number of rotatable bonds is 5. The van der Waals surface area contributed by atoms with E-state index in [0.717, 1.165) is 22.9 Å². The van der Waals surface area contributed by atoms with Gasteiger partial charge < -0.3 is 0 Å². The lowest BCUT2D eigenvalue weighted by molar-refractivity contribution is 0.102. The first-order valence-corrected chi connectivity index (χ1v) is 10.9. The summed E-state index contributed by atoms with van der Waals surface area (Å²) in [5, 5.41) is 5.17. The van der Waals surface area contributed by atoms with Crippen LogP contribution in [0, 0.1) is 13.8 Å². The second-order valence-electron chi connectivity index (χ2n) is 6.32. The summed E-state index contributed by atoms with van der Waals surface area (Å²) in [6, 6.07) is 12.6. The van der Waals surface area contributed by atoms with Gasteiger partial charge in [-0.3, -0.25) is 14.8 Å². The number of nitrogens with one attached hydrogen (secondary N) is 2. The largest absolute Gasteiger partial charge is 0.298 e. The van der Waals surface area contributed by atoms with E-state index in [-0.39, 0.29) is 5.91 Å². The molecule has 0 saturated carbocycles. The zero-order valence-corrected chi connectivity index (χ0v) is 16.7. The smallest absolute Gasteiger partial charge is 0.257 e. The molecule has 0 aliphatic heterocycles. The van der Waals surface area contributed by atoms with Gasteiger partial charge in [-0.2, -0.15) is 0 Å². The molecule has 0 fully saturated rings. The number of amides is 1. The number of aromatic nitrogens is 1. The number of carbonyl (C=O) groups excluding carboxylic acids is 1. The second kappa shape index (κ2) is 7.50. The van der Waals surface area contributed by atoms with Crippen LogP contribution in [-0.4, -0.2) is 25.6 Å². The maximum absolute atomic E-state index is 12.4. The second-order valence-corrected chi connectivity index (χ2v) is 8.93. The topological polar surface area (TPSA) is 88.2 Å². The van der Waals surface area contributed by atoms with E-state index in [9.17, 15) is 13.2 Å². The minimum absolute atomic E-state index is 0.199. The van der Waals surface area contributed by atoms with Crippen LogP contribution in [0.3, 0.4) is 0 Å². The van der Waals surface area contributed by atoms with Crippen LogP contribution >= 0.6 is 11.3 Å². The Morgan fingerprint density at radius 3 is 2.26 bits per heavy atom. The molecule has 0 atom stereocenters. The van der Waals surface area contributed by atoms with Crippen molar-refractivity contribution >= 4 is 38.1 Å². The first kappa shape index (κ1) is 19.1. The zero-order valence-electron chi connectivity index (χ0n) is 15.1. The summed E-state index contributed by atoms with van der Waals surface area (Å²) in [5.74, 6) is -0.199. The standard InChI is InChI=1S/C19H19N3O3S2/c1-12-8-13(2)10-15(9-12)18(23)21-19-20-17(11-26-19)14-4-6-16(7-5-14)22-27(3,24)25/h4-11,22H,1-3H3,(H,20,21,23). The molecule has 8 heteroatoms. The summed E-state index contributed by atoms with van der Waals surface area (Å²) in [6.45, 7) is 3.90. The molecule has 3 rings (SSSR count). The summed E-state index contributed by atoms with van der Waals surface area (Å²) in [7, 11) is -3.31. The van der Waals surface area contributed by atoms with Crippen molar-refractivity contribution in [3.05, 3.63) is 64.5 Å². The van der Waals surface area contributed by atoms with Gasteiger partial charge in [-0.15, -0.1) is 11.3 Å². The zero-order chi connectivity index (χ0) is 19.6. The molecule has 27 heavy (non-hydrogen) atoms.